The Morgan fingerprint density at radius 2 is 1.91 bits per heavy atom. The molecule has 174 valence electrons. The summed E-state index contributed by atoms with van der Waals surface area (Å²) in [6.07, 6.45) is 0.432. The van der Waals surface area contributed by atoms with Gasteiger partial charge in [0.25, 0.3) is 5.60 Å². The lowest BCUT2D eigenvalue weighted by atomic mass is 9.96. The fourth-order valence-corrected chi connectivity index (χ4v) is 5.69. The number of hydrogen-bond acceptors (Lipinski definition) is 12. The molecule has 1 aliphatic heterocycles. The van der Waals surface area contributed by atoms with Crippen molar-refractivity contribution in [1.29, 1.82) is 5.26 Å². The number of nitrogen functional groups attached to an aromatic ring is 1. The van der Waals surface area contributed by atoms with Crippen LogP contribution in [0.5, 0.6) is 0 Å². The van der Waals surface area contributed by atoms with Crippen LogP contribution in [0.2, 0.25) is 0 Å². The van der Waals surface area contributed by atoms with Crippen LogP contribution < -0.4 is 5.73 Å². The van der Waals surface area contributed by atoms with E-state index in [2.05, 4.69) is 23.2 Å². The van der Waals surface area contributed by atoms with E-state index in [1.54, 1.807) is 6.07 Å². The molecule has 0 saturated heterocycles. The standard InChI is InChI=1S/C12H14N5O12P3/c13-5-12(9-2-1-8-11(14)15-6-16-17(8)9)10(18)3-7(27-12)4-26-31(22,23)29-32(24,25)28-30(19,20)21/h1-3,6,10,18H,4H2,(H,22,23)(H,24,25)(H2,14,15,16)(H2,19,20,21)/t10-,12+/m1/s1. The summed E-state index contributed by atoms with van der Waals surface area (Å²) in [6.45, 7) is -0.968. The Balaban J connectivity index is 1.76. The molecule has 32 heavy (non-hydrogen) atoms. The number of nitrogens with two attached hydrogens (primary N) is 1. The zero-order valence-corrected chi connectivity index (χ0v) is 18.1. The molecule has 4 atom stereocenters. The van der Waals surface area contributed by atoms with Crippen molar-refractivity contribution in [1.82, 2.24) is 14.6 Å². The van der Waals surface area contributed by atoms with Crippen molar-refractivity contribution in [2.75, 3.05) is 12.3 Å². The van der Waals surface area contributed by atoms with Gasteiger partial charge in [-0.25, -0.2) is 23.2 Å². The van der Waals surface area contributed by atoms with Crippen LogP contribution in [-0.4, -0.2) is 52.0 Å². The van der Waals surface area contributed by atoms with Gasteiger partial charge in [0.2, 0.25) is 0 Å². The summed E-state index contributed by atoms with van der Waals surface area (Å²) in [4.78, 5) is 39.5. The molecule has 0 fully saturated rings. The van der Waals surface area contributed by atoms with Gasteiger partial charge in [0.1, 0.15) is 42.1 Å². The van der Waals surface area contributed by atoms with Gasteiger partial charge in [0, 0.05) is 0 Å². The fraction of sp³-hybridized carbons (Fsp3) is 0.250. The first-order valence-electron chi connectivity index (χ1n) is 8.04. The molecule has 0 spiro atoms. The summed E-state index contributed by atoms with van der Waals surface area (Å²) in [5.41, 5.74) is 3.98. The third kappa shape index (κ3) is 5.07. The van der Waals surface area contributed by atoms with Crippen LogP contribution in [0.25, 0.3) is 5.52 Å². The van der Waals surface area contributed by atoms with Crippen LogP contribution >= 0.6 is 23.5 Å². The number of phosphoric acid groups is 3. The second-order valence-electron chi connectivity index (χ2n) is 6.05. The summed E-state index contributed by atoms with van der Waals surface area (Å²) in [6, 6.07) is 4.62. The van der Waals surface area contributed by atoms with E-state index >= 15 is 0 Å². The van der Waals surface area contributed by atoms with Crippen LogP contribution in [-0.2, 0) is 37.2 Å². The van der Waals surface area contributed by atoms with E-state index in [4.69, 9.17) is 25.2 Å². The second kappa shape index (κ2) is 8.31. The predicted octanol–water partition coefficient (Wildman–Crippen LogP) is -0.351. The third-order valence-electron chi connectivity index (χ3n) is 3.87. The van der Waals surface area contributed by atoms with Crippen molar-refractivity contribution in [2.24, 2.45) is 0 Å². The molecule has 2 unspecified atom stereocenters. The SMILES string of the molecule is N#C[C@@]1(c2ccc3c(N)ncnn23)OC(COP(=O)(O)OP(=O)(O)OP(=O)(O)O)=C[C@H]1O. The number of anilines is 1. The van der Waals surface area contributed by atoms with E-state index < -0.39 is 41.8 Å². The summed E-state index contributed by atoms with van der Waals surface area (Å²) in [5.74, 6) is -0.287. The summed E-state index contributed by atoms with van der Waals surface area (Å²) >= 11 is 0. The minimum absolute atomic E-state index is 0.0289. The van der Waals surface area contributed by atoms with Gasteiger partial charge in [0.15, 0.2) is 5.82 Å². The first-order valence-corrected chi connectivity index (χ1v) is 12.6. The van der Waals surface area contributed by atoms with Crippen molar-refractivity contribution in [3.8, 4) is 6.07 Å². The van der Waals surface area contributed by atoms with Crippen LogP contribution in [0.15, 0.2) is 30.3 Å². The molecule has 0 bridgehead atoms. The quantitative estimate of drug-likeness (QED) is 0.246. The number of nitriles is 1. The Labute approximate surface area is 177 Å². The molecule has 1 aliphatic rings. The van der Waals surface area contributed by atoms with Gasteiger partial charge < -0.3 is 35.2 Å². The Morgan fingerprint density at radius 3 is 2.53 bits per heavy atom. The maximum atomic E-state index is 11.8. The third-order valence-corrected chi connectivity index (χ3v) is 7.65. The summed E-state index contributed by atoms with van der Waals surface area (Å²) < 4.78 is 52.0. The van der Waals surface area contributed by atoms with E-state index in [-0.39, 0.29) is 17.3 Å². The fourth-order valence-electron chi connectivity index (χ4n) is 2.70. The molecule has 2 aromatic heterocycles. The molecule has 0 amide bonds. The van der Waals surface area contributed by atoms with Crippen LogP contribution in [0.1, 0.15) is 5.69 Å². The zero-order chi connectivity index (χ0) is 23.9. The van der Waals surface area contributed by atoms with E-state index in [0.717, 1.165) is 12.4 Å². The van der Waals surface area contributed by atoms with Gasteiger partial charge in [0.05, 0.1) is 0 Å². The number of fused-ring (bicyclic) bond motifs is 1. The molecule has 7 N–H and O–H groups in total. The molecule has 0 saturated carbocycles. The van der Waals surface area contributed by atoms with Crippen molar-refractivity contribution in [3.63, 3.8) is 0 Å². The largest absolute Gasteiger partial charge is 0.490 e. The number of ether oxygens (including phenoxy) is 1. The molecule has 0 radical (unpaired) electrons. The minimum Gasteiger partial charge on any atom is -0.465 e. The van der Waals surface area contributed by atoms with E-state index in [1.165, 1.54) is 16.6 Å². The van der Waals surface area contributed by atoms with Gasteiger partial charge in [-0.2, -0.15) is 19.0 Å². The number of aliphatic hydroxyl groups excluding tert-OH is 1. The lowest BCUT2D eigenvalue weighted by molar-refractivity contribution is -0.0202. The minimum atomic E-state index is -5.70. The molecule has 0 aromatic carbocycles. The van der Waals surface area contributed by atoms with Gasteiger partial charge in [-0.15, -0.1) is 0 Å². The number of aliphatic hydroxyl groups is 1. The van der Waals surface area contributed by atoms with Crippen LogP contribution in [0.4, 0.5) is 5.82 Å². The first-order chi connectivity index (χ1) is 14.7. The van der Waals surface area contributed by atoms with Crippen molar-refractivity contribution in [3.05, 3.63) is 36.0 Å². The van der Waals surface area contributed by atoms with Gasteiger partial charge in [-0.05, 0) is 18.2 Å². The summed E-state index contributed by atoms with van der Waals surface area (Å²) in [7, 11) is -16.7. The molecule has 17 nitrogen and oxygen atoms in total. The smallest absolute Gasteiger partial charge is 0.465 e. The highest BCUT2D eigenvalue weighted by Gasteiger charge is 2.50. The number of aromatic nitrogens is 3. The van der Waals surface area contributed by atoms with E-state index in [0.29, 0.717) is 5.52 Å². The van der Waals surface area contributed by atoms with Gasteiger partial charge >= 0.3 is 23.5 Å². The second-order valence-corrected chi connectivity index (χ2v) is 10.5. The number of phosphoric ester groups is 1. The first kappa shape index (κ1) is 24.5. The maximum absolute atomic E-state index is 11.8. The van der Waals surface area contributed by atoms with E-state index in [9.17, 15) is 29.0 Å². The molecule has 20 heteroatoms. The Hall–Kier alpha value is -2.18. The van der Waals surface area contributed by atoms with Gasteiger partial charge in [-0.1, -0.05) is 0 Å². The Bertz CT molecular complexity index is 1270. The average Bonchev–Trinajstić information content (AvgIpc) is 3.19. The van der Waals surface area contributed by atoms with Gasteiger partial charge in [-0.3, -0.25) is 4.52 Å². The number of rotatable bonds is 8. The molecule has 3 heterocycles. The Morgan fingerprint density at radius 1 is 1.22 bits per heavy atom. The van der Waals surface area contributed by atoms with Crippen molar-refractivity contribution in [2.45, 2.75) is 11.7 Å². The van der Waals surface area contributed by atoms with Crippen molar-refractivity contribution < 1.29 is 56.3 Å². The Kier molecular flexibility index (Phi) is 6.35. The van der Waals surface area contributed by atoms with Crippen LogP contribution in [0.3, 0.4) is 0 Å². The highest BCUT2D eigenvalue weighted by atomic mass is 31.3. The highest BCUT2D eigenvalue weighted by molar-refractivity contribution is 7.66. The normalized spacial score (nSPS) is 24.9. The number of nitrogens with zero attached hydrogens (tertiary/aromatic N) is 4. The topological polar surface area (TPSA) is 269 Å². The van der Waals surface area contributed by atoms with Crippen LogP contribution in [0, 0.1) is 11.3 Å². The maximum Gasteiger partial charge on any atom is 0.490 e. The highest BCUT2D eigenvalue weighted by Crippen LogP contribution is 2.66. The molecular weight excluding hydrogens is 499 g/mol. The molecule has 3 rings (SSSR count). The molecule has 0 aliphatic carbocycles. The molecular formula is C12H14N5O12P3. The van der Waals surface area contributed by atoms with E-state index in [1.807, 2.05) is 0 Å². The monoisotopic (exact) mass is 513 g/mol. The average molecular weight is 513 g/mol. The molecule has 2 aromatic rings. The number of hydrogen-bond donors (Lipinski definition) is 6. The zero-order valence-electron chi connectivity index (χ0n) is 15.4. The summed E-state index contributed by atoms with van der Waals surface area (Å²) in [5, 5.41) is 24.1. The van der Waals surface area contributed by atoms with Crippen molar-refractivity contribution >= 4 is 34.8 Å². The predicted molar refractivity (Wildman–Crippen MR) is 99.7 cm³/mol. The lowest BCUT2D eigenvalue weighted by Crippen LogP contribution is -2.37. The lowest BCUT2D eigenvalue weighted by Gasteiger charge is -2.25.